The second-order valence-electron chi connectivity index (χ2n) is 5.14. The van der Waals surface area contributed by atoms with Crippen molar-refractivity contribution in [3.8, 4) is 0 Å². The molecular formula is C16H21F2N. The van der Waals surface area contributed by atoms with E-state index in [4.69, 9.17) is 0 Å². The third kappa shape index (κ3) is 3.63. The van der Waals surface area contributed by atoms with Gasteiger partial charge < -0.3 is 5.32 Å². The van der Waals surface area contributed by atoms with Gasteiger partial charge in [0, 0.05) is 6.04 Å². The van der Waals surface area contributed by atoms with E-state index in [2.05, 4.69) is 11.4 Å². The molecule has 1 N–H and O–H groups in total. The maximum atomic E-state index is 13.7. The molecule has 0 saturated carbocycles. The van der Waals surface area contributed by atoms with Crippen molar-refractivity contribution in [2.24, 2.45) is 0 Å². The SMILES string of the molecule is CNC(Cc1cccc(F)c1F)C1=CCCCCC1. The summed E-state index contributed by atoms with van der Waals surface area (Å²) >= 11 is 0. The highest BCUT2D eigenvalue weighted by Gasteiger charge is 2.17. The molecule has 1 aliphatic rings. The van der Waals surface area contributed by atoms with E-state index in [-0.39, 0.29) is 6.04 Å². The van der Waals surface area contributed by atoms with Gasteiger partial charge in [-0.2, -0.15) is 0 Å². The summed E-state index contributed by atoms with van der Waals surface area (Å²) in [6.45, 7) is 0. The molecule has 0 spiro atoms. The summed E-state index contributed by atoms with van der Waals surface area (Å²) in [6, 6.07) is 4.51. The van der Waals surface area contributed by atoms with Crippen LogP contribution in [-0.4, -0.2) is 13.1 Å². The maximum Gasteiger partial charge on any atom is 0.162 e. The third-order valence-corrected chi connectivity index (χ3v) is 3.83. The van der Waals surface area contributed by atoms with Gasteiger partial charge in [-0.1, -0.05) is 30.2 Å². The molecule has 1 atom stereocenters. The molecule has 0 saturated heterocycles. The fraction of sp³-hybridized carbons (Fsp3) is 0.500. The van der Waals surface area contributed by atoms with Gasteiger partial charge in [-0.3, -0.25) is 0 Å². The average Bonchev–Trinajstić information content (AvgIpc) is 2.69. The van der Waals surface area contributed by atoms with Crippen molar-refractivity contribution in [1.82, 2.24) is 5.32 Å². The molecule has 0 radical (unpaired) electrons. The van der Waals surface area contributed by atoms with Crippen LogP contribution < -0.4 is 5.32 Å². The predicted octanol–water partition coefficient (Wildman–Crippen LogP) is 3.99. The fourth-order valence-corrected chi connectivity index (χ4v) is 2.70. The van der Waals surface area contributed by atoms with E-state index in [1.165, 1.54) is 24.8 Å². The number of hydrogen-bond acceptors (Lipinski definition) is 1. The molecule has 19 heavy (non-hydrogen) atoms. The van der Waals surface area contributed by atoms with Crippen molar-refractivity contribution in [3.05, 3.63) is 47.0 Å². The molecule has 0 aromatic heterocycles. The molecule has 104 valence electrons. The van der Waals surface area contributed by atoms with E-state index in [1.807, 2.05) is 7.05 Å². The molecule has 2 rings (SSSR count). The summed E-state index contributed by atoms with van der Waals surface area (Å²) in [5, 5.41) is 3.24. The van der Waals surface area contributed by atoms with Gasteiger partial charge in [0.15, 0.2) is 11.6 Å². The van der Waals surface area contributed by atoms with E-state index in [1.54, 1.807) is 12.1 Å². The van der Waals surface area contributed by atoms with Crippen LogP contribution in [0.5, 0.6) is 0 Å². The molecule has 1 aliphatic carbocycles. The summed E-state index contributed by atoms with van der Waals surface area (Å²) < 4.78 is 27.0. The highest BCUT2D eigenvalue weighted by atomic mass is 19.2. The zero-order valence-electron chi connectivity index (χ0n) is 11.4. The zero-order chi connectivity index (χ0) is 13.7. The Labute approximate surface area is 113 Å². The Balaban J connectivity index is 2.14. The average molecular weight is 265 g/mol. The summed E-state index contributed by atoms with van der Waals surface area (Å²) in [7, 11) is 1.88. The largest absolute Gasteiger partial charge is 0.313 e. The lowest BCUT2D eigenvalue weighted by atomic mass is 9.95. The maximum absolute atomic E-state index is 13.7. The first kappa shape index (κ1) is 14.2. The van der Waals surface area contributed by atoms with Crippen LogP contribution in [0.3, 0.4) is 0 Å². The van der Waals surface area contributed by atoms with Gasteiger partial charge >= 0.3 is 0 Å². The van der Waals surface area contributed by atoms with E-state index in [0.29, 0.717) is 12.0 Å². The lowest BCUT2D eigenvalue weighted by molar-refractivity contribution is 0.489. The van der Waals surface area contributed by atoms with Crippen LogP contribution in [0.2, 0.25) is 0 Å². The number of halogens is 2. The van der Waals surface area contributed by atoms with Crippen LogP contribution in [0, 0.1) is 11.6 Å². The molecule has 1 aromatic carbocycles. The lowest BCUT2D eigenvalue weighted by Crippen LogP contribution is -2.30. The molecule has 0 heterocycles. The van der Waals surface area contributed by atoms with E-state index in [9.17, 15) is 8.78 Å². The minimum absolute atomic E-state index is 0.106. The summed E-state index contributed by atoms with van der Waals surface area (Å²) in [5.74, 6) is -1.47. The lowest BCUT2D eigenvalue weighted by Gasteiger charge is -2.20. The number of likely N-dealkylation sites (N-methyl/N-ethyl adjacent to an activating group) is 1. The highest BCUT2D eigenvalue weighted by Crippen LogP contribution is 2.23. The molecule has 1 nitrogen and oxygen atoms in total. The zero-order valence-corrected chi connectivity index (χ0v) is 11.4. The molecule has 0 fully saturated rings. The van der Waals surface area contributed by atoms with Crippen LogP contribution in [0.4, 0.5) is 8.78 Å². The summed E-state index contributed by atoms with van der Waals surface area (Å²) in [5.41, 5.74) is 1.79. The van der Waals surface area contributed by atoms with Crippen molar-refractivity contribution >= 4 is 0 Å². The molecule has 0 bridgehead atoms. The number of allylic oxidation sites excluding steroid dienone is 1. The van der Waals surface area contributed by atoms with Crippen molar-refractivity contribution in [2.75, 3.05) is 7.05 Å². The Bertz CT molecular complexity index is 454. The standard InChI is InChI=1S/C16H21F2N/c1-19-15(12-7-4-2-3-5-8-12)11-13-9-6-10-14(17)16(13)18/h6-7,9-10,15,19H,2-5,8,11H2,1H3. The monoisotopic (exact) mass is 265 g/mol. The Kier molecular flexibility index (Phi) is 5.08. The first-order valence-electron chi connectivity index (χ1n) is 7.01. The molecule has 3 heteroatoms. The smallest absolute Gasteiger partial charge is 0.162 e. The Hall–Kier alpha value is -1.22. The van der Waals surface area contributed by atoms with E-state index < -0.39 is 11.6 Å². The first-order valence-corrected chi connectivity index (χ1v) is 7.01. The topological polar surface area (TPSA) is 12.0 Å². The molecule has 1 aromatic rings. The van der Waals surface area contributed by atoms with Crippen LogP contribution >= 0.6 is 0 Å². The van der Waals surface area contributed by atoms with Gasteiger partial charge in [-0.25, -0.2) is 8.78 Å². The second-order valence-corrected chi connectivity index (χ2v) is 5.14. The van der Waals surface area contributed by atoms with Crippen LogP contribution in [0.15, 0.2) is 29.8 Å². The number of nitrogens with one attached hydrogen (secondary N) is 1. The molecule has 0 aliphatic heterocycles. The van der Waals surface area contributed by atoms with Gasteiger partial charge in [0.05, 0.1) is 0 Å². The molecule has 1 unspecified atom stereocenters. The Morgan fingerprint density at radius 3 is 2.84 bits per heavy atom. The van der Waals surface area contributed by atoms with Crippen LogP contribution in [-0.2, 0) is 6.42 Å². The third-order valence-electron chi connectivity index (χ3n) is 3.83. The van der Waals surface area contributed by atoms with Gasteiger partial charge in [0.1, 0.15) is 0 Å². The highest BCUT2D eigenvalue weighted by molar-refractivity contribution is 5.24. The Morgan fingerprint density at radius 1 is 1.21 bits per heavy atom. The van der Waals surface area contributed by atoms with Gasteiger partial charge in [0.2, 0.25) is 0 Å². The van der Waals surface area contributed by atoms with Crippen molar-refractivity contribution in [3.63, 3.8) is 0 Å². The summed E-state index contributed by atoms with van der Waals surface area (Å²) in [4.78, 5) is 0. The summed E-state index contributed by atoms with van der Waals surface area (Å²) in [6.07, 6.45) is 8.60. The molecule has 0 amide bonds. The van der Waals surface area contributed by atoms with Gasteiger partial charge in [-0.05, 0) is 50.8 Å². The van der Waals surface area contributed by atoms with Gasteiger partial charge in [0.25, 0.3) is 0 Å². The van der Waals surface area contributed by atoms with Gasteiger partial charge in [-0.15, -0.1) is 0 Å². The normalized spacial score (nSPS) is 17.7. The number of rotatable bonds is 4. The minimum Gasteiger partial charge on any atom is -0.313 e. The number of benzene rings is 1. The second kappa shape index (κ2) is 6.80. The van der Waals surface area contributed by atoms with Crippen molar-refractivity contribution in [1.29, 1.82) is 0 Å². The molecular weight excluding hydrogens is 244 g/mol. The van der Waals surface area contributed by atoms with Crippen LogP contribution in [0.1, 0.15) is 37.7 Å². The fourth-order valence-electron chi connectivity index (χ4n) is 2.70. The first-order chi connectivity index (χ1) is 9.22. The predicted molar refractivity (Wildman–Crippen MR) is 74.1 cm³/mol. The van der Waals surface area contributed by atoms with Crippen molar-refractivity contribution in [2.45, 2.75) is 44.6 Å². The quantitative estimate of drug-likeness (QED) is 0.812. The minimum atomic E-state index is -0.762. The van der Waals surface area contributed by atoms with E-state index in [0.717, 1.165) is 18.9 Å². The number of hydrogen-bond donors (Lipinski definition) is 1. The van der Waals surface area contributed by atoms with Crippen molar-refractivity contribution < 1.29 is 8.78 Å². The Morgan fingerprint density at radius 2 is 2.05 bits per heavy atom. The van der Waals surface area contributed by atoms with E-state index >= 15 is 0 Å². The van der Waals surface area contributed by atoms with Crippen LogP contribution in [0.25, 0.3) is 0 Å².